The Labute approximate surface area is 232 Å². The van der Waals surface area contributed by atoms with Gasteiger partial charge in [-0.25, -0.2) is 0 Å². The fourth-order valence-electron chi connectivity index (χ4n) is 4.53. The molecular formula is C33H31BrO4. The molecule has 0 saturated heterocycles. The Bertz CT molecular complexity index is 1410. The van der Waals surface area contributed by atoms with E-state index in [1.165, 1.54) is 0 Å². The van der Waals surface area contributed by atoms with Crippen molar-refractivity contribution >= 4 is 27.5 Å². The van der Waals surface area contributed by atoms with E-state index in [9.17, 15) is 9.59 Å². The Morgan fingerprint density at radius 3 is 1.92 bits per heavy atom. The van der Waals surface area contributed by atoms with Gasteiger partial charge in [0.25, 0.3) is 0 Å². The highest BCUT2D eigenvalue weighted by Crippen LogP contribution is 2.28. The number of methoxy groups -OCH3 is 2. The van der Waals surface area contributed by atoms with Crippen LogP contribution in [0.15, 0.2) is 95.5 Å². The molecule has 0 N–H and O–H groups in total. The quantitative estimate of drug-likeness (QED) is 0.173. The first-order valence-corrected chi connectivity index (χ1v) is 13.4. The number of aryl methyl sites for hydroxylation is 1. The highest BCUT2D eigenvalue weighted by atomic mass is 79.9. The van der Waals surface area contributed by atoms with Crippen molar-refractivity contribution in [1.29, 1.82) is 0 Å². The Kier molecular flexibility index (Phi) is 9.14. The topological polar surface area (TPSA) is 52.6 Å². The summed E-state index contributed by atoms with van der Waals surface area (Å²) in [4.78, 5) is 26.0. The number of carbonyl (C=O) groups is 2. The van der Waals surface area contributed by atoms with E-state index in [0.717, 1.165) is 40.6 Å². The van der Waals surface area contributed by atoms with Gasteiger partial charge in [0.05, 0.1) is 14.2 Å². The summed E-state index contributed by atoms with van der Waals surface area (Å²) in [6, 6.07) is 27.9. The van der Waals surface area contributed by atoms with Gasteiger partial charge >= 0.3 is 0 Å². The number of hydrogen-bond donors (Lipinski definition) is 0. The summed E-state index contributed by atoms with van der Waals surface area (Å²) in [5.41, 5.74) is 4.73. The average Bonchev–Trinajstić information content (AvgIpc) is 2.96. The normalized spacial score (nSPS) is 11.6. The molecular weight excluding hydrogens is 540 g/mol. The van der Waals surface area contributed by atoms with Gasteiger partial charge in [-0.05, 0) is 97.0 Å². The van der Waals surface area contributed by atoms with Gasteiger partial charge in [0.2, 0.25) is 0 Å². The van der Waals surface area contributed by atoms with E-state index < -0.39 is 0 Å². The van der Waals surface area contributed by atoms with Gasteiger partial charge in [-0.2, -0.15) is 0 Å². The smallest absolute Gasteiger partial charge is 0.193 e. The molecule has 0 amide bonds. The van der Waals surface area contributed by atoms with Crippen LogP contribution in [0.3, 0.4) is 0 Å². The van der Waals surface area contributed by atoms with Crippen LogP contribution in [-0.4, -0.2) is 25.8 Å². The molecule has 194 valence electrons. The molecule has 38 heavy (non-hydrogen) atoms. The maximum absolute atomic E-state index is 13.1. The fraction of sp³-hybridized carbons (Fsp3) is 0.212. The van der Waals surface area contributed by atoms with E-state index in [1.54, 1.807) is 38.5 Å². The highest BCUT2D eigenvalue weighted by molar-refractivity contribution is 9.10. The Morgan fingerprint density at radius 2 is 1.29 bits per heavy atom. The third-order valence-electron chi connectivity index (χ3n) is 6.71. The van der Waals surface area contributed by atoms with Crippen LogP contribution >= 0.6 is 15.9 Å². The number of halogens is 1. The molecule has 0 spiro atoms. The molecule has 0 aromatic heterocycles. The van der Waals surface area contributed by atoms with Crippen LogP contribution in [0.5, 0.6) is 11.5 Å². The van der Waals surface area contributed by atoms with Crippen molar-refractivity contribution in [2.75, 3.05) is 14.2 Å². The molecule has 5 heteroatoms. The number of carbonyl (C=O) groups excluding carboxylic acids is 2. The van der Waals surface area contributed by atoms with Crippen molar-refractivity contribution < 1.29 is 19.1 Å². The lowest BCUT2D eigenvalue weighted by molar-refractivity contribution is 0.103. The number of hydrogen-bond acceptors (Lipinski definition) is 4. The number of ketones is 2. The van der Waals surface area contributed by atoms with E-state index in [2.05, 4.69) is 22.9 Å². The Balaban J connectivity index is 1.45. The third-order valence-corrected chi connectivity index (χ3v) is 7.49. The lowest BCUT2D eigenvalue weighted by Crippen LogP contribution is -2.07. The first kappa shape index (κ1) is 27.3. The molecule has 0 fully saturated rings. The first-order valence-electron chi connectivity index (χ1n) is 12.6. The summed E-state index contributed by atoms with van der Waals surface area (Å²) >= 11 is 3.66. The van der Waals surface area contributed by atoms with E-state index in [1.807, 2.05) is 66.7 Å². The van der Waals surface area contributed by atoms with Crippen LogP contribution in [0.25, 0.3) is 0 Å². The molecule has 0 bridgehead atoms. The number of rotatable bonds is 11. The minimum absolute atomic E-state index is 0.0232. The second-order valence-electron chi connectivity index (χ2n) is 9.43. The van der Waals surface area contributed by atoms with Gasteiger partial charge in [-0.1, -0.05) is 53.2 Å². The number of ether oxygens (including phenoxy) is 2. The standard InChI is InChI=1S/C33H31BrO4/c1-22(19-28-21-26(13-17-30(28)34)32(35)23-7-5-4-6-8-23)9-10-25-20-27(14-18-31(25)38-3)33(36)24-11-15-29(37-2)16-12-24/h4-8,11-18,20-22H,9-10,19H2,1-3H3. The zero-order valence-corrected chi connectivity index (χ0v) is 23.5. The van der Waals surface area contributed by atoms with E-state index in [4.69, 9.17) is 9.47 Å². The summed E-state index contributed by atoms with van der Waals surface area (Å²) in [7, 11) is 3.26. The van der Waals surface area contributed by atoms with Gasteiger partial charge in [-0.3, -0.25) is 9.59 Å². The maximum atomic E-state index is 13.1. The maximum Gasteiger partial charge on any atom is 0.193 e. The SMILES string of the molecule is COc1ccc(C(=O)c2ccc(OC)c(CCC(C)Cc3cc(C(=O)c4ccccc4)ccc3Br)c2)cc1. The van der Waals surface area contributed by atoms with Gasteiger partial charge in [0, 0.05) is 26.7 Å². The van der Waals surface area contributed by atoms with Crippen molar-refractivity contribution in [2.45, 2.75) is 26.2 Å². The van der Waals surface area contributed by atoms with Crippen molar-refractivity contribution in [3.8, 4) is 11.5 Å². The monoisotopic (exact) mass is 570 g/mol. The molecule has 1 unspecified atom stereocenters. The largest absolute Gasteiger partial charge is 0.497 e. The molecule has 0 aliphatic carbocycles. The summed E-state index contributed by atoms with van der Waals surface area (Å²) in [6.45, 7) is 2.21. The van der Waals surface area contributed by atoms with Gasteiger partial charge in [0.15, 0.2) is 11.6 Å². The minimum atomic E-state index is -0.0339. The van der Waals surface area contributed by atoms with Crippen LogP contribution < -0.4 is 9.47 Å². The summed E-state index contributed by atoms with van der Waals surface area (Å²) in [5, 5.41) is 0. The predicted octanol–water partition coefficient (Wildman–Crippen LogP) is 7.74. The van der Waals surface area contributed by atoms with Crippen LogP contribution in [-0.2, 0) is 12.8 Å². The number of benzene rings is 4. The molecule has 4 rings (SSSR count). The Hall–Kier alpha value is -3.70. The van der Waals surface area contributed by atoms with Crippen molar-refractivity contribution in [1.82, 2.24) is 0 Å². The van der Waals surface area contributed by atoms with Gasteiger partial charge in [0.1, 0.15) is 11.5 Å². The Morgan fingerprint density at radius 1 is 0.711 bits per heavy atom. The van der Waals surface area contributed by atoms with Gasteiger partial charge < -0.3 is 9.47 Å². The molecule has 0 heterocycles. The molecule has 1 atom stereocenters. The van der Waals surface area contributed by atoms with Crippen LogP contribution in [0.4, 0.5) is 0 Å². The molecule has 0 saturated carbocycles. The van der Waals surface area contributed by atoms with Crippen LogP contribution in [0.2, 0.25) is 0 Å². The van der Waals surface area contributed by atoms with Crippen molar-refractivity contribution in [2.24, 2.45) is 5.92 Å². The molecule has 0 aliphatic heterocycles. The first-order chi connectivity index (χ1) is 18.4. The lowest BCUT2D eigenvalue weighted by atomic mass is 9.91. The zero-order chi connectivity index (χ0) is 27.1. The molecule has 4 aromatic carbocycles. The predicted molar refractivity (Wildman–Crippen MR) is 155 cm³/mol. The zero-order valence-electron chi connectivity index (χ0n) is 21.9. The van der Waals surface area contributed by atoms with Crippen molar-refractivity contribution in [3.05, 3.63) is 129 Å². The van der Waals surface area contributed by atoms with Gasteiger partial charge in [-0.15, -0.1) is 0 Å². The second-order valence-corrected chi connectivity index (χ2v) is 10.3. The molecule has 0 radical (unpaired) electrons. The second kappa shape index (κ2) is 12.7. The van der Waals surface area contributed by atoms with E-state index >= 15 is 0 Å². The molecule has 4 aromatic rings. The fourth-order valence-corrected chi connectivity index (χ4v) is 4.94. The minimum Gasteiger partial charge on any atom is -0.497 e. The highest BCUT2D eigenvalue weighted by Gasteiger charge is 2.16. The lowest BCUT2D eigenvalue weighted by Gasteiger charge is -2.16. The average molecular weight is 572 g/mol. The third kappa shape index (κ3) is 6.59. The summed E-state index contributed by atoms with van der Waals surface area (Å²) in [5.74, 6) is 1.83. The van der Waals surface area contributed by atoms with Crippen LogP contribution in [0, 0.1) is 5.92 Å². The molecule has 4 nitrogen and oxygen atoms in total. The summed E-state index contributed by atoms with van der Waals surface area (Å²) < 4.78 is 11.8. The van der Waals surface area contributed by atoms with Crippen molar-refractivity contribution in [3.63, 3.8) is 0 Å². The molecule has 0 aliphatic rings. The van der Waals surface area contributed by atoms with E-state index in [0.29, 0.717) is 33.9 Å². The van der Waals surface area contributed by atoms with E-state index in [-0.39, 0.29) is 11.6 Å². The van der Waals surface area contributed by atoms with Crippen LogP contribution in [0.1, 0.15) is 56.3 Å². The summed E-state index contributed by atoms with van der Waals surface area (Å²) in [6.07, 6.45) is 2.50.